The molecule has 23 heavy (non-hydrogen) atoms. The molecular formula is C14H25N5O3S. The number of nitrogens with zero attached hydrogens (tertiary/aromatic N) is 2. The van der Waals surface area contributed by atoms with Crippen LogP contribution in [-0.2, 0) is 21.9 Å². The Morgan fingerprint density at radius 3 is 2.87 bits per heavy atom. The highest BCUT2D eigenvalue weighted by atomic mass is 32.2. The van der Waals surface area contributed by atoms with Crippen LogP contribution < -0.4 is 15.4 Å². The van der Waals surface area contributed by atoms with Gasteiger partial charge in [0.05, 0.1) is 0 Å². The molecule has 2 unspecified atom stereocenters. The van der Waals surface area contributed by atoms with Crippen LogP contribution >= 0.6 is 0 Å². The number of aryl methyl sites for hydroxylation is 2. The molecule has 0 aromatic carbocycles. The summed E-state index contributed by atoms with van der Waals surface area (Å²) in [6.07, 6.45) is 2.58. The largest absolute Gasteiger partial charge is 0.352 e. The predicted molar refractivity (Wildman–Crippen MR) is 86.3 cm³/mol. The van der Waals surface area contributed by atoms with Crippen molar-refractivity contribution >= 4 is 15.9 Å². The lowest BCUT2D eigenvalue weighted by Crippen LogP contribution is -2.50. The van der Waals surface area contributed by atoms with Gasteiger partial charge in [-0.25, -0.2) is 18.1 Å². The van der Waals surface area contributed by atoms with Crippen LogP contribution in [0.15, 0.2) is 11.2 Å². The summed E-state index contributed by atoms with van der Waals surface area (Å²) in [5.41, 5.74) is 0. The molecule has 2 heterocycles. The average Bonchev–Trinajstić information content (AvgIpc) is 2.82. The number of amides is 1. The van der Waals surface area contributed by atoms with E-state index >= 15 is 0 Å². The van der Waals surface area contributed by atoms with Gasteiger partial charge < -0.3 is 15.2 Å². The molecular weight excluding hydrogens is 318 g/mol. The molecule has 1 aliphatic heterocycles. The normalized spacial score (nSPS) is 22.0. The summed E-state index contributed by atoms with van der Waals surface area (Å²) in [5, 5.41) is 6.17. The Morgan fingerprint density at radius 1 is 1.52 bits per heavy atom. The number of nitrogens with one attached hydrogen (secondary N) is 3. The van der Waals surface area contributed by atoms with Gasteiger partial charge in [0.2, 0.25) is 5.91 Å². The number of carbonyl (C=O) groups excluding carboxylic acids is 1. The summed E-state index contributed by atoms with van der Waals surface area (Å²) in [7, 11) is -1.95. The van der Waals surface area contributed by atoms with Crippen molar-refractivity contribution in [2.24, 2.45) is 13.0 Å². The molecule has 2 rings (SSSR count). The molecule has 130 valence electrons. The summed E-state index contributed by atoms with van der Waals surface area (Å²) >= 11 is 0. The van der Waals surface area contributed by atoms with Crippen molar-refractivity contribution in [3.05, 3.63) is 12.0 Å². The molecule has 2 atom stereocenters. The van der Waals surface area contributed by atoms with E-state index < -0.39 is 10.0 Å². The molecule has 0 spiro atoms. The van der Waals surface area contributed by atoms with E-state index in [4.69, 9.17) is 0 Å². The van der Waals surface area contributed by atoms with Gasteiger partial charge in [0.25, 0.3) is 10.0 Å². The number of rotatable bonds is 6. The Balaban J connectivity index is 1.80. The second-order valence-corrected chi connectivity index (χ2v) is 7.74. The second kappa shape index (κ2) is 7.41. The molecule has 1 aromatic rings. The Kier molecular flexibility index (Phi) is 5.77. The van der Waals surface area contributed by atoms with Crippen LogP contribution in [0.4, 0.5) is 0 Å². The van der Waals surface area contributed by atoms with Crippen molar-refractivity contribution < 1.29 is 13.2 Å². The highest BCUT2D eigenvalue weighted by Crippen LogP contribution is 2.11. The maximum atomic E-state index is 12.1. The number of hydrogen-bond donors (Lipinski definition) is 3. The molecule has 0 bridgehead atoms. The minimum Gasteiger partial charge on any atom is -0.352 e. The maximum absolute atomic E-state index is 12.1. The average molecular weight is 343 g/mol. The molecule has 1 amide bonds. The standard InChI is InChI=1S/C14H25N5O3S/c1-10-4-6-15-8-12(10)18-13(20)5-7-16-23(21,22)14-9-19(3)11(2)17-14/h9-10,12,15-16H,4-8H2,1-3H3,(H,18,20). The monoisotopic (exact) mass is 343 g/mol. The number of hydrogen-bond acceptors (Lipinski definition) is 5. The highest BCUT2D eigenvalue weighted by Gasteiger charge is 2.23. The van der Waals surface area contributed by atoms with Gasteiger partial charge in [-0.3, -0.25) is 4.79 Å². The molecule has 1 fully saturated rings. The third kappa shape index (κ3) is 4.76. The van der Waals surface area contributed by atoms with Crippen molar-refractivity contribution in [1.29, 1.82) is 0 Å². The first-order valence-corrected chi connectivity index (χ1v) is 9.27. The number of piperidine rings is 1. The van der Waals surface area contributed by atoms with Gasteiger partial charge in [-0.2, -0.15) is 0 Å². The summed E-state index contributed by atoms with van der Waals surface area (Å²) in [4.78, 5) is 15.9. The number of sulfonamides is 1. The van der Waals surface area contributed by atoms with E-state index in [1.54, 1.807) is 18.5 Å². The van der Waals surface area contributed by atoms with E-state index in [0.717, 1.165) is 19.5 Å². The van der Waals surface area contributed by atoms with Crippen LogP contribution in [-0.4, -0.2) is 49.6 Å². The summed E-state index contributed by atoms with van der Waals surface area (Å²) in [6, 6.07) is 0.103. The van der Waals surface area contributed by atoms with Crippen molar-refractivity contribution in [3.8, 4) is 0 Å². The molecule has 9 heteroatoms. The predicted octanol–water partition coefficient (Wildman–Crippen LogP) is -0.489. The van der Waals surface area contributed by atoms with Gasteiger partial charge in [0.15, 0.2) is 5.03 Å². The van der Waals surface area contributed by atoms with Crippen molar-refractivity contribution in [2.45, 2.75) is 37.8 Å². The Bertz CT molecular complexity index is 636. The van der Waals surface area contributed by atoms with E-state index in [9.17, 15) is 13.2 Å². The first kappa shape index (κ1) is 17.9. The van der Waals surface area contributed by atoms with Crippen molar-refractivity contribution in [3.63, 3.8) is 0 Å². The lowest BCUT2D eigenvalue weighted by atomic mass is 9.95. The second-order valence-electron chi connectivity index (χ2n) is 6.03. The zero-order valence-electron chi connectivity index (χ0n) is 13.8. The number of carbonyl (C=O) groups is 1. The van der Waals surface area contributed by atoms with Crippen molar-refractivity contribution in [1.82, 2.24) is 24.9 Å². The molecule has 1 aromatic heterocycles. The SMILES string of the molecule is Cc1nc(S(=O)(=O)NCCC(=O)NC2CNCCC2C)cn1C. The van der Waals surface area contributed by atoms with Crippen molar-refractivity contribution in [2.75, 3.05) is 19.6 Å². The summed E-state index contributed by atoms with van der Waals surface area (Å²) in [5.74, 6) is 0.890. The van der Waals surface area contributed by atoms with Crippen LogP contribution in [0.5, 0.6) is 0 Å². The Hall–Kier alpha value is -1.45. The molecule has 8 nitrogen and oxygen atoms in total. The zero-order valence-corrected chi connectivity index (χ0v) is 14.6. The van der Waals surface area contributed by atoms with Crippen LogP contribution in [0.2, 0.25) is 0 Å². The maximum Gasteiger partial charge on any atom is 0.259 e. The molecule has 3 N–H and O–H groups in total. The highest BCUT2D eigenvalue weighted by molar-refractivity contribution is 7.89. The third-order valence-corrected chi connectivity index (χ3v) is 5.51. The molecule has 0 radical (unpaired) electrons. The van der Waals surface area contributed by atoms with E-state index in [0.29, 0.717) is 11.7 Å². The molecule has 1 saturated heterocycles. The van der Waals surface area contributed by atoms with E-state index in [-0.39, 0.29) is 29.9 Å². The van der Waals surface area contributed by atoms with E-state index in [2.05, 4.69) is 27.3 Å². The first-order valence-electron chi connectivity index (χ1n) is 7.79. The zero-order chi connectivity index (χ0) is 17.0. The smallest absolute Gasteiger partial charge is 0.259 e. The summed E-state index contributed by atoms with van der Waals surface area (Å²) in [6.45, 7) is 5.62. The lowest BCUT2D eigenvalue weighted by Gasteiger charge is -2.30. The topological polar surface area (TPSA) is 105 Å². The van der Waals surface area contributed by atoms with Crippen LogP contribution in [0, 0.1) is 12.8 Å². The van der Waals surface area contributed by atoms with Gasteiger partial charge in [-0.1, -0.05) is 6.92 Å². The Labute approximate surface area is 137 Å². The fourth-order valence-electron chi connectivity index (χ4n) is 2.49. The minimum absolute atomic E-state index is 0.0250. The summed E-state index contributed by atoms with van der Waals surface area (Å²) < 4.78 is 28.2. The third-order valence-electron chi connectivity index (χ3n) is 4.18. The molecule has 0 saturated carbocycles. The lowest BCUT2D eigenvalue weighted by molar-refractivity contribution is -0.122. The molecule has 1 aliphatic rings. The van der Waals surface area contributed by atoms with E-state index in [1.165, 1.54) is 6.20 Å². The van der Waals surface area contributed by atoms with Gasteiger partial charge in [-0.15, -0.1) is 0 Å². The van der Waals surface area contributed by atoms with Gasteiger partial charge in [0, 0.05) is 38.8 Å². The van der Waals surface area contributed by atoms with Gasteiger partial charge >= 0.3 is 0 Å². The van der Waals surface area contributed by atoms with Crippen LogP contribution in [0.25, 0.3) is 0 Å². The fraction of sp³-hybridized carbons (Fsp3) is 0.714. The quantitative estimate of drug-likeness (QED) is 0.646. The minimum atomic E-state index is -3.68. The number of imidazole rings is 1. The number of aromatic nitrogens is 2. The molecule has 0 aliphatic carbocycles. The van der Waals surface area contributed by atoms with Crippen LogP contribution in [0.3, 0.4) is 0 Å². The fourth-order valence-corrected chi connectivity index (χ4v) is 3.56. The van der Waals surface area contributed by atoms with Gasteiger partial charge in [0.1, 0.15) is 5.82 Å². The van der Waals surface area contributed by atoms with Crippen LogP contribution in [0.1, 0.15) is 25.6 Å². The Morgan fingerprint density at radius 2 is 2.26 bits per heavy atom. The first-order chi connectivity index (χ1) is 10.8. The van der Waals surface area contributed by atoms with Gasteiger partial charge in [-0.05, 0) is 25.8 Å². The van der Waals surface area contributed by atoms with E-state index in [1.807, 2.05) is 0 Å².